The number of alkyl halides is 3. The Balaban J connectivity index is 1.71. The molecule has 6 nitrogen and oxygen atoms in total. The van der Waals surface area contributed by atoms with Crippen molar-refractivity contribution >= 4 is 11.8 Å². The van der Waals surface area contributed by atoms with Crippen LogP contribution in [-0.4, -0.2) is 55.6 Å². The van der Waals surface area contributed by atoms with E-state index in [1.54, 1.807) is 6.07 Å². The molecule has 2 aliphatic heterocycles. The van der Waals surface area contributed by atoms with Gasteiger partial charge in [0.05, 0.1) is 11.0 Å². The summed E-state index contributed by atoms with van der Waals surface area (Å²) in [5.74, 6) is -0.248. The predicted octanol–water partition coefficient (Wildman–Crippen LogP) is 4.53. The number of carbonyl (C=O) groups is 2. The molecule has 0 radical (unpaired) electrons. The molecule has 202 valence electrons. The number of likely N-dealkylation sites (tertiary alicyclic amines) is 1. The topological polar surface area (TPSA) is 70.7 Å². The van der Waals surface area contributed by atoms with E-state index in [2.05, 4.69) is 15.5 Å². The zero-order valence-corrected chi connectivity index (χ0v) is 21.5. The second kappa shape index (κ2) is 12.9. The molecular formula is C27H40F3N3O3. The number of nitrogens with zero attached hydrogens (tertiary/aromatic N) is 1. The van der Waals surface area contributed by atoms with E-state index in [0.717, 1.165) is 31.7 Å². The Morgan fingerprint density at radius 3 is 2.53 bits per heavy atom. The summed E-state index contributed by atoms with van der Waals surface area (Å²) in [7, 11) is 0. The van der Waals surface area contributed by atoms with Gasteiger partial charge < -0.3 is 15.4 Å². The average Bonchev–Trinajstić information content (AvgIpc) is 2.85. The van der Waals surface area contributed by atoms with Gasteiger partial charge in [0.1, 0.15) is 6.04 Å². The highest BCUT2D eigenvalue weighted by Gasteiger charge is 2.42. The second-order valence-corrected chi connectivity index (χ2v) is 10.3. The quantitative estimate of drug-likeness (QED) is 0.624. The summed E-state index contributed by atoms with van der Waals surface area (Å²) in [6, 6.07) is 4.85. The smallest absolute Gasteiger partial charge is 0.381 e. The van der Waals surface area contributed by atoms with Gasteiger partial charge in [-0.2, -0.15) is 13.2 Å². The molecule has 3 rings (SSSR count). The number of benzene rings is 1. The van der Waals surface area contributed by atoms with Crippen molar-refractivity contribution in [1.29, 1.82) is 0 Å². The van der Waals surface area contributed by atoms with Crippen molar-refractivity contribution in [3.63, 3.8) is 0 Å². The molecular weight excluding hydrogens is 471 g/mol. The van der Waals surface area contributed by atoms with E-state index in [1.807, 2.05) is 13.8 Å². The number of ether oxygens (including phenoxy) is 1. The zero-order chi connectivity index (χ0) is 26.2. The van der Waals surface area contributed by atoms with Gasteiger partial charge in [-0.25, -0.2) is 0 Å². The molecule has 2 fully saturated rings. The fourth-order valence-corrected chi connectivity index (χ4v) is 5.10. The molecule has 2 amide bonds. The lowest BCUT2D eigenvalue weighted by molar-refractivity contribution is -0.139. The maximum absolute atomic E-state index is 13.7. The Hall–Kier alpha value is -2.13. The number of amides is 2. The highest BCUT2D eigenvalue weighted by molar-refractivity contribution is 5.90. The van der Waals surface area contributed by atoms with Crippen LogP contribution in [0.1, 0.15) is 69.9 Å². The number of nitrogens with one attached hydrogen (secondary N) is 2. The van der Waals surface area contributed by atoms with Crippen molar-refractivity contribution in [1.82, 2.24) is 15.5 Å². The van der Waals surface area contributed by atoms with Crippen LogP contribution in [0, 0.1) is 11.3 Å². The average molecular weight is 512 g/mol. The van der Waals surface area contributed by atoms with Crippen molar-refractivity contribution in [3.8, 4) is 0 Å². The Morgan fingerprint density at radius 1 is 1.11 bits per heavy atom. The maximum atomic E-state index is 13.7. The molecule has 0 saturated carbocycles. The van der Waals surface area contributed by atoms with Gasteiger partial charge in [-0.05, 0) is 62.7 Å². The molecule has 0 aromatic heterocycles. The third-order valence-corrected chi connectivity index (χ3v) is 7.70. The van der Waals surface area contributed by atoms with Crippen LogP contribution in [0.25, 0.3) is 0 Å². The van der Waals surface area contributed by atoms with E-state index in [4.69, 9.17) is 4.74 Å². The van der Waals surface area contributed by atoms with Gasteiger partial charge in [0.15, 0.2) is 0 Å². The number of hydrogen-bond acceptors (Lipinski definition) is 4. The van der Waals surface area contributed by atoms with Gasteiger partial charge in [0.2, 0.25) is 11.8 Å². The van der Waals surface area contributed by atoms with E-state index in [0.29, 0.717) is 64.2 Å². The maximum Gasteiger partial charge on any atom is 0.416 e. The van der Waals surface area contributed by atoms with Crippen LogP contribution in [0.4, 0.5) is 13.2 Å². The number of halogens is 3. The normalized spacial score (nSPS) is 24.0. The predicted molar refractivity (Wildman–Crippen MR) is 132 cm³/mol. The first-order valence-corrected chi connectivity index (χ1v) is 13.2. The van der Waals surface area contributed by atoms with Gasteiger partial charge in [0.25, 0.3) is 0 Å². The summed E-state index contributed by atoms with van der Waals surface area (Å²) in [6.45, 7) is 7.34. The Bertz CT molecular complexity index is 869. The lowest BCUT2D eigenvalue weighted by atomic mass is 9.73. The molecule has 1 aromatic rings. The van der Waals surface area contributed by atoms with Gasteiger partial charge in [-0.1, -0.05) is 44.9 Å². The molecule has 1 spiro atoms. The monoisotopic (exact) mass is 511 g/mol. The fraction of sp³-hybridized carbons (Fsp3) is 0.704. The zero-order valence-electron chi connectivity index (χ0n) is 21.5. The van der Waals surface area contributed by atoms with Crippen LogP contribution >= 0.6 is 0 Å². The van der Waals surface area contributed by atoms with Gasteiger partial charge in [-0.3, -0.25) is 14.5 Å². The summed E-state index contributed by atoms with van der Waals surface area (Å²) in [5.41, 5.74) is -0.627. The summed E-state index contributed by atoms with van der Waals surface area (Å²) < 4.78 is 45.0. The highest BCUT2D eigenvalue weighted by atomic mass is 19.4. The third-order valence-electron chi connectivity index (χ3n) is 7.70. The van der Waals surface area contributed by atoms with E-state index < -0.39 is 23.2 Å². The number of piperidine rings is 1. The molecule has 0 aliphatic carbocycles. The van der Waals surface area contributed by atoms with Crippen molar-refractivity contribution in [2.45, 2.75) is 77.6 Å². The van der Waals surface area contributed by atoms with Gasteiger partial charge in [0, 0.05) is 26.3 Å². The van der Waals surface area contributed by atoms with Crippen LogP contribution in [0.2, 0.25) is 0 Å². The van der Waals surface area contributed by atoms with Crippen molar-refractivity contribution in [3.05, 3.63) is 35.4 Å². The highest BCUT2D eigenvalue weighted by Crippen LogP contribution is 2.38. The van der Waals surface area contributed by atoms with Gasteiger partial charge >= 0.3 is 6.18 Å². The van der Waals surface area contributed by atoms with E-state index in [9.17, 15) is 22.8 Å². The Morgan fingerprint density at radius 2 is 1.83 bits per heavy atom. The molecule has 2 N–H and O–H groups in total. The molecule has 2 heterocycles. The molecule has 2 aliphatic rings. The largest absolute Gasteiger partial charge is 0.416 e. The van der Waals surface area contributed by atoms with Crippen LogP contribution in [0.3, 0.4) is 0 Å². The minimum Gasteiger partial charge on any atom is -0.381 e. The lowest BCUT2D eigenvalue weighted by Crippen LogP contribution is -2.56. The summed E-state index contributed by atoms with van der Waals surface area (Å²) >= 11 is 0. The lowest BCUT2D eigenvalue weighted by Gasteiger charge is -2.42. The van der Waals surface area contributed by atoms with Crippen LogP contribution < -0.4 is 10.6 Å². The van der Waals surface area contributed by atoms with Crippen molar-refractivity contribution in [2.75, 3.05) is 32.8 Å². The van der Waals surface area contributed by atoms with E-state index in [-0.39, 0.29) is 17.7 Å². The van der Waals surface area contributed by atoms with Crippen LogP contribution in [0.15, 0.2) is 24.3 Å². The van der Waals surface area contributed by atoms with E-state index in [1.165, 1.54) is 12.1 Å². The number of rotatable bonds is 4. The van der Waals surface area contributed by atoms with Gasteiger partial charge in [-0.15, -0.1) is 0 Å². The molecule has 0 bridgehead atoms. The van der Waals surface area contributed by atoms with Crippen LogP contribution in [0.5, 0.6) is 0 Å². The third kappa shape index (κ3) is 7.68. The summed E-state index contributed by atoms with van der Waals surface area (Å²) in [6.07, 6.45) is 0.756. The molecule has 36 heavy (non-hydrogen) atoms. The number of hydrogen-bond donors (Lipinski definition) is 2. The first-order chi connectivity index (χ1) is 17.1. The molecule has 1 aromatic carbocycles. The first-order valence-electron chi connectivity index (χ1n) is 13.2. The minimum absolute atomic E-state index is 0.00356. The Kier molecular flexibility index (Phi) is 10.2. The molecule has 2 saturated heterocycles. The SMILES string of the molecule is CC[C@H](C)[C@@H]1NC(=O)C2(CCCCOCCCNC1=O)CCN(Cc1cccc(C(F)(F)F)c1)CC2. The van der Waals surface area contributed by atoms with Crippen LogP contribution in [-0.2, 0) is 27.0 Å². The molecule has 9 heteroatoms. The van der Waals surface area contributed by atoms with E-state index >= 15 is 0 Å². The van der Waals surface area contributed by atoms with Crippen molar-refractivity contribution in [2.24, 2.45) is 11.3 Å². The fourth-order valence-electron chi connectivity index (χ4n) is 5.10. The second-order valence-electron chi connectivity index (χ2n) is 10.3. The first kappa shape index (κ1) is 28.4. The standard InChI is InChI=1S/C27H40F3N3O3/c1-3-20(2)23-24(34)31-13-7-17-36-16-5-4-10-26(25(35)32-23)11-14-33(15-12-26)19-21-8-6-9-22(18-21)27(28,29)30/h6,8-9,18,20,23H,3-5,7,10-17,19H2,1-2H3,(H,31,34)(H,32,35)/t20-,23-/m0/s1. The molecule has 0 unspecified atom stereocenters. The minimum atomic E-state index is -4.37. The number of carbonyl (C=O) groups excluding carboxylic acids is 2. The van der Waals surface area contributed by atoms with Crippen molar-refractivity contribution < 1.29 is 27.5 Å². The summed E-state index contributed by atoms with van der Waals surface area (Å²) in [5, 5.41) is 6.04. The molecule has 2 atom stereocenters. The Labute approximate surface area is 212 Å². The summed E-state index contributed by atoms with van der Waals surface area (Å²) in [4.78, 5) is 28.7.